The van der Waals surface area contributed by atoms with Crippen molar-refractivity contribution in [1.82, 2.24) is 9.55 Å². The number of hydrogen-bond acceptors (Lipinski definition) is 4. The molecule has 1 aromatic heterocycles. The van der Waals surface area contributed by atoms with Gasteiger partial charge in [0.15, 0.2) is 11.5 Å². The van der Waals surface area contributed by atoms with E-state index in [1.807, 2.05) is 47.9 Å². The number of carboxylic acid groups (broad SMARTS) is 1. The van der Waals surface area contributed by atoms with Crippen molar-refractivity contribution in [2.24, 2.45) is 0 Å². The molecule has 0 bridgehead atoms. The van der Waals surface area contributed by atoms with Gasteiger partial charge >= 0.3 is 5.97 Å². The van der Waals surface area contributed by atoms with E-state index in [4.69, 9.17) is 19.6 Å². The zero-order valence-electron chi connectivity index (χ0n) is 13.2. The van der Waals surface area contributed by atoms with Crippen LogP contribution in [0.2, 0.25) is 0 Å². The van der Waals surface area contributed by atoms with Crippen molar-refractivity contribution >= 4 is 17.0 Å². The number of hydrogen-bond donors (Lipinski definition) is 1. The standard InChI is InChI=1S/C18H16N2O4/c1-11-3-2-4-12(7-11)18-19-13-8-15-16(24-10-23-15)9-14(13)20(18)6-5-17(21)22/h2-4,7-9H,5-6,10H2,1H3,(H,21,22). The van der Waals surface area contributed by atoms with Crippen LogP contribution < -0.4 is 9.47 Å². The van der Waals surface area contributed by atoms with Gasteiger partial charge in [-0.1, -0.05) is 23.8 Å². The molecule has 1 aliphatic rings. The number of carboxylic acids is 1. The van der Waals surface area contributed by atoms with E-state index in [0.717, 1.165) is 28.0 Å². The number of benzene rings is 2. The Morgan fingerprint density at radius 2 is 2.04 bits per heavy atom. The highest BCUT2D eigenvalue weighted by Gasteiger charge is 2.20. The molecule has 2 aromatic carbocycles. The average molecular weight is 324 g/mol. The number of nitrogens with zero attached hydrogens (tertiary/aromatic N) is 2. The Bertz CT molecular complexity index is 946. The molecule has 0 saturated heterocycles. The van der Waals surface area contributed by atoms with Gasteiger partial charge in [-0.15, -0.1) is 0 Å². The van der Waals surface area contributed by atoms with Crippen molar-refractivity contribution in [2.75, 3.05) is 6.79 Å². The summed E-state index contributed by atoms with van der Waals surface area (Å²) in [7, 11) is 0. The molecule has 1 aliphatic heterocycles. The van der Waals surface area contributed by atoms with Gasteiger partial charge in [-0.2, -0.15) is 0 Å². The van der Waals surface area contributed by atoms with E-state index in [0.29, 0.717) is 18.0 Å². The Labute approximate surface area is 138 Å². The minimum atomic E-state index is -0.840. The Morgan fingerprint density at radius 1 is 1.25 bits per heavy atom. The van der Waals surface area contributed by atoms with Crippen molar-refractivity contribution in [3.8, 4) is 22.9 Å². The smallest absolute Gasteiger partial charge is 0.305 e. The van der Waals surface area contributed by atoms with E-state index in [1.165, 1.54) is 0 Å². The van der Waals surface area contributed by atoms with E-state index in [-0.39, 0.29) is 13.2 Å². The molecule has 0 saturated carbocycles. The van der Waals surface area contributed by atoms with E-state index in [2.05, 4.69) is 0 Å². The maximum Gasteiger partial charge on any atom is 0.305 e. The van der Waals surface area contributed by atoms with Crippen LogP contribution in [0.4, 0.5) is 0 Å². The molecule has 2 heterocycles. The molecule has 0 unspecified atom stereocenters. The van der Waals surface area contributed by atoms with Crippen LogP contribution in [0.3, 0.4) is 0 Å². The number of fused-ring (bicyclic) bond motifs is 2. The third-order valence-corrected chi connectivity index (χ3v) is 4.07. The molecule has 0 atom stereocenters. The largest absolute Gasteiger partial charge is 0.481 e. The maximum absolute atomic E-state index is 11.0. The van der Waals surface area contributed by atoms with Crippen molar-refractivity contribution in [2.45, 2.75) is 19.9 Å². The Kier molecular flexibility index (Phi) is 3.37. The highest BCUT2D eigenvalue weighted by atomic mass is 16.7. The van der Waals surface area contributed by atoms with Gasteiger partial charge in [-0.25, -0.2) is 4.98 Å². The molecular formula is C18H16N2O4. The van der Waals surface area contributed by atoms with Crippen LogP contribution in [0.25, 0.3) is 22.4 Å². The molecule has 0 aliphatic carbocycles. The van der Waals surface area contributed by atoms with E-state index < -0.39 is 5.97 Å². The second-order valence-corrected chi connectivity index (χ2v) is 5.79. The third kappa shape index (κ3) is 2.46. The molecular weight excluding hydrogens is 308 g/mol. The number of aliphatic carboxylic acids is 1. The molecule has 24 heavy (non-hydrogen) atoms. The Morgan fingerprint density at radius 3 is 2.79 bits per heavy atom. The summed E-state index contributed by atoms with van der Waals surface area (Å²) in [6, 6.07) is 11.7. The highest BCUT2D eigenvalue weighted by Crippen LogP contribution is 2.37. The SMILES string of the molecule is Cc1cccc(-c2nc3cc4c(cc3n2CCC(=O)O)OCO4)c1. The minimum absolute atomic E-state index is 0.0265. The first-order chi connectivity index (χ1) is 11.6. The summed E-state index contributed by atoms with van der Waals surface area (Å²) in [6.07, 6.45) is 0.0265. The summed E-state index contributed by atoms with van der Waals surface area (Å²) in [5.74, 6) is 1.24. The van der Waals surface area contributed by atoms with Crippen molar-refractivity contribution in [1.29, 1.82) is 0 Å². The average Bonchev–Trinajstić information content (AvgIpc) is 3.14. The normalized spacial score (nSPS) is 12.7. The fourth-order valence-corrected chi connectivity index (χ4v) is 2.95. The number of ether oxygens (including phenoxy) is 2. The lowest BCUT2D eigenvalue weighted by molar-refractivity contribution is -0.137. The number of aromatic nitrogens is 2. The number of imidazole rings is 1. The van der Waals surface area contributed by atoms with Crippen LogP contribution in [0.5, 0.6) is 11.5 Å². The van der Waals surface area contributed by atoms with Crippen LogP contribution in [-0.2, 0) is 11.3 Å². The molecule has 0 radical (unpaired) electrons. The zero-order chi connectivity index (χ0) is 16.7. The number of carbonyl (C=O) groups is 1. The molecule has 0 fully saturated rings. The lowest BCUT2D eigenvalue weighted by Gasteiger charge is -2.09. The van der Waals surface area contributed by atoms with Gasteiger partial charge in [0.25, 0.3) is 0 Å². The Balaban J connectivity index is 1.91. The molecule has 6 nitrogen and oxygen atoms in total. The Hall–Kier alpha value is -3.02. The topological polar surface area (TPSA) is 73.6 Å². The molecule has 1 N–H and O–H groups in total. The third-order valence-electron chi connectivity index (χ3n) is 4.07. The predicted octanol–water partition coefficient (Wildman–Crippen LogP) is 3.22. The van der Waals surface area contributed by atoms with Crippen LogP contribution in [0.1, 0.15) is 12.0 Å². The summed E-state index contributed by atoms with van der Waals surface area (Å²) in [6.45, 7) is 2.56. The summed E-state index contributed by atoms with van der Waals surface area (Å²) >= 11 is 0. The van der Waals surface area contributed by atoms with Crippen LogP contribution in [-0.4, -0.2) is 27.4 Å². The summed E-state index contributed by atoms with van der Waals surface area (Å²) in [5.41, 5.74) is 3.69. The first kappa shape index (κ1) is 14.6. The fraction of sp³-hybridized carbons (Fsp3) is 0.222. The van der Waals surface area contributed by atoms with Gasteiger partial charge in [0.1, 0.15) is 5.82 Å². The summed E-state index contributed by atoms with van der Waals surface area (Å²) < 4.78 is 12.8. The number of aryl methyl sites for hydroxylation is 2. The molecule has 4 rings (SSSR count). The van der Waals surface area contributed by atoms with Gasteiger partial charge in [-0.05, 0) is 13.0 Å². The lowest BCUT2D eigenvalue weighted by atomic mass is 10.1. The second-order valence-electron chi connectivity index (χ2n) is 5.79. The first-order valence-corrected chi connectivity index (χ1v) is 7.70. The van der Waals surface area contributed by atoms with E-state index in [1.54, 1.807) is 0 Å². The quantitative estimate of drug-likeness (QED) is 0.797. The van der Waals surface area contributed by atoms with Gasteiger partial charge in [0.05, 0.1) is 17.5 Å². The lowest BCUT2D eigenvalue weighted by Crippen LogP contribution is -2.06. The maximum atomic E-state index is 11.0. The molecule has 122 valence electrons. The van der Waals surface area contributed by atoms with Gasteiger partial charge in [-0.3, -0.25) is 4.79 Å². The van der Waals surface area contributed by atoms with E-state index in [9.17, 15) is 4.79 Å². The molecule has 3 aromatic rings. The fourth-order valence-electron chi connectivity index (χ4n) is 2.95. The van der Waals surface area contributed by atoms with Crippen molar-refractivity contribution in [3.05, 3.63) is 42.0 Å². The van der Waals surface area contributed by atoms with Crippen molar-refractivity contribution < 1.29 is 19.4 Å². The molecule has 0 spiro atoms. The first-order valence-electron chi connectivity index (χ1n) is 7.70. The van der Waals surface area contributed by atoms with Gasteiger partial charge in [0, 0.05) is 24.2 Å². The highest BCUT2D eigenvalue weighted by molar-refractivity contribution is 5.84. The number of rotatable bonds is 4. The van der Waals surface area contributed by atoms with E-state index >= 15 is 0 Å². The summed E-state index contributed by atoms with van der Waals surface area (Å²) in [5, 5.41) is 9.07. The monoisotopic (exact) mass is 324 g/mol. The molecule has 6 heteroatoms. The van der Waals surface area contributed by atoms with Crippen LogP contribution in [0, 0.1) is 6.92 Å². The zero-order valence-corrected chi connectivity index (χ0v) is 13.2. The van der Waals surface area contributed by atoms with Gasteiger partial charge in [0.2, 0.25) is 6.79 Å². The minimum Gasteiger partial charge on any atom is -0.481 e. The second kappa shape index (κ2) is 5.56. The molecule has 0 amide bonds. The van der Waals surface area contributed by atoms with Crippen LogP contribution in [0.15, 0.2) is 36.4 Å². The van der Waals surface area contributed by atoms with Crippen molar-refractivity contribution in [3.63, 3.8) is 0 Å². The van der Waals surface area contributed by atoms with Gasteiger partial charge < -0.3 is 19.1 Å². The summed E-state index contributed by atoms with van der Waals surface area (Å²) in [4.78, 5) is 15.8. The van der Waals surface area contributed by atoms with Crippen LogP contribution >= 0.6 is 0 Å². The predicted molar refractivity (Wildman–Crippen MR) is 88.3 cm³/mol.